The molecular weight excluding hydrogens is 598 g/mol. The van der Waals surface area contributed by atoms with Gasteiger partial charge in [-0.15, -0.1) is 28.2 Å². The second-order valence-electron chi connectivity index (χ2n) is 9.61. The van der Waals surface area contributed by atoms with Crippen LogP contribution >= 0.6 is 34.9 Å². The Morgan fingerprint density at radius 2 is 2.05 bits per heavy atom. The molecule has 4 heterocycles. The van der Waals surface area contributed by atoms with Crippen LogP contribution in [0.15, 0.2) is 27.0 Å². The minimum Gasteiger partial charge on any atom is -0.427 e. The van der Waals surface area contributed by atoms with Gasteiger partial charge in [-0.1, -0.05) is 16.9 Å². The molecule has 2 aromatic rings. The van der Waals surface area contributed by atoms with Crippen molar-refractivity contribution in [1.82, 2.24) is 35.4 Å². The standard InChI is InChI=1S/C22H27N9O7S3/c1-22(2,3)19(35)38-9-37-18(34)14-10(7-41-21-26-28-29-30(21)4)6-39-17-13(16(33)31(14)17)25-15(32)12(27-36-5)11-8-40-20(23)24-11/h8,13,17H,6-7,9H2,1-5H3,(H2,23,24)(H,25,32)/t13?,17-/m1/s1. The van der Waals surface area contributed by atoms with Crippen molar-refractivity contribution < 1.29 is 33.5 Å². The van der Waals surface area contributed by atoms with Crippen LogP contribution in [0.25, 0.3) is 0 Å². The number of nitrogens with one attached hydrogen (secondary N) is 1. The van der Waals surface area contributed by atoms with Gasteiger partial charge in [-0.05, 0) is 36.8 Å². The van der Waals surface area contributed by atoms with Crippen LogP contribution in [0.5, 0.6) is 0 Å². The topological polar surface area (TPSA) is 206 Å². The average Bonchev–Trinajstić information content (AvgIpc) is 3.54. The molecule has 41 heavy (non-hydrogen) atoms. The molecule has 0 bridgehead atoms. The van der Waals surface area contributed by atoms with Crippen LogP contribution in [-0.2, 0) is 40.5 Å². The van der Waals surface area contributed by atoms with E-state index < -0.39 is 47.4 Å². The van der Waals surface area contributed by atoms with Gasteiger partial charge in [0.2, 0.25) is 11.9 Å². The molecule has 220 valence electrons. The van der Waals surface area contributed by atoms with Crippen LogP contribution in [-0.4, -0.2) is 96.4 Å². The number of hydrogen-bond donors (Lipinski definition) is 2. The lowest BCUT2D eigenvalue weighted by Gasteiger charge is -2.49. The Morgan fingerprint density at radius 1 is 1.29 bits per heavy atom. The van der Waals surface area contributed by atoms with Gasteiger partial charge in [0.05, 0.1) is 5.41 Å². The number of aryl methyl sites for hydroxylation is 1. The van der Waals surface area contributed by atoms with Crippen molar-refractivity contribution in [2.24, 2.45) is 17.6 Å². The van der Waals surface area contributed by atoms with Crippen molar-refractivity contribution >= 4 is 69.5 Å². The number of esters is 2. The summed E-state index contributed by atoms with van der Waals surface area (Å²) in [6, 6.07) is -0.968. The number of β-lactam (4-membered cyclic amide) rings is 1. The number of amides is 2. The van der Waals surface area contributed by atoms with E-state index in [1.54, 1.807) is 27.8 Å². The number of carbonyl (C=O) groups excluding carboxylic acids is 4. The fourth-order valence-corrected chi connectivity index (χ4v) is 6.48. The van der Waals surface area contributed by atoms with Gasteiger partial charge in [-0.2, -0.15) is 0 Å². The molecule has 2 aliphatic heterocycles. The normalized spacial score (nSPS) is 18.9. The molecule has 2 aromatic heterocycles. The number of nitrogens with two attached hydrogens (primary N) is 1. The first-order valence-corrected chi connectivity index (χ1v) is 14.8. The van der Waals surface area contributed by atoms with Crippen molar-refractivity contribution in [1.29, 1.82) is 0 Å². The Labute approximate surface area is 246 Å². The van der Waals surface area contributed by atoms with E-state index in [0.29, 0.717) is 16.5 Å². The second kappa shape index (κ2) is 12.4. The number of oxime groups is 1. The van der Waals surface area contributed by atoms with Gasteiger partial charge in [0.15, 0.2) is 10.8 Å². The van der Waals surface area contributed by atoms with E-state index in [1.807, 2.05) is 0 Å². The molecule has 0 saturated carbocycles. The number of nitrogens with zero attached hydrogens (tertiary/aromatic N) is 7. The molecule has 19 heteroatoms. The van der Waals surface area contributed by atoms with Crippen LogP contribution in [0.3, 0.4) is 0 Å². The summed E-state index contributed by atoms with van der Waals surface area (Å²) in [5, 5.41) is 19.4. The van der Waals surface area contributed by atoms with Crippen LogP contribution in [0.1, 0.15) is 26.5 Å². The zero-order valence-electron chi connectivity index (χ0n) is 22.6. The van der Waals surface area contributed by atoms with Gasteiger partial charge in [-0.25, -0.2) is 14.5 Å². The summed E-state index contributed by atoms with van der Waals surface area (Å²) in [5.74, 6) is -2.02. The first-order chi connectivity index (χ1) is 19.4. The maximum atomic E-state index is 13.3. The third-order valence-electron chi connectivity index (χ3n) is 5.64. The lowest BCUT2D eigenvalue weighted by atomic mass is 9.98. The van der Waals surface area contributed by atoms with Crippen molar-refractivity contribution in [2.45, 2.75) is 37.3 Å². The number of thiazole rings is 1. The molecule has 0 aromatic carbocycles. The van der Waals surface area contributed by atoms with E-state index in [-0.39, 0.29) is 28.0 Å². The molecular formula is C22H27N9O7S3. The smallest absolute Gasteiger partial charge is 0.357 e. The largest absolute Gasteiger partial charge is 0.427 e. The fraction of sp³-hybridized carbons (Fsp3) is 0.500. The predicted molar refractivity (Wildman–Crippen MR) is 148 cm³/mol. The number of thioether (sulfide) groups is 2. The number of anilines is 1. The summed E-state index contributed by atoms with van der Waals surface area (Å²) in [5.41, 5.74) is 5.52. The van der Waals surface area contributed by atoms with Crippen molar-refractivity contribution in [2.75, 3.05) is 31.1 Å². The highest BCUT2D eigenvalue weighted by Gasteiger charge is 2.54. The zero-order chi connectivity index (χ0) is 29.9. The lowest BCUT2D eigenvalue weighted by molar-refractivity contribution is -0.173. The maximum Gasteiger partial charge on any atom is 0.357 e. The van der Waals surface area contributed by atoms with Crippen molar-refractivity contribution in [3.63, 3.8) is 0 Å². The van der Waals surface area contributed by atoms with Crippen LogP contribution < -0.4 is 11.1 Å². The van der Waals surface area contributed by atoms with Gasteiger partial charge in [0, 0.05) is 23.9 Å². The number of ether oxygens (including phenoxy) is 2. The van der Waals surface area contributed by atoms with Gasteiger partial charge in [0.1, 0.15) is 29.9 Å². The lowest BCUT2D eigenvalue weighted by Crippen LogP contribution is -2.71. The highest BCUT2D eigenvalue weighted by atomic mass is 32.2. The molecule has 0 aliphatic carbocycles. The Kier molecular flexibility index (Phi) is 9.17. The summed E-state index contributed by atoms with van der Waals surface area (Å²) in [6.07, 6.45) is 0. The molecule has 1 unspecified atom stereocenters. The SMILES string of the molecule is CON=C(C(=O)NC1C(=O)N2C(C(=O)OCOC(=O)C(C)(C)C)=C(CSc3nnnn3C)CS[C@H]12)c1csc(N)n1. The van der Waals surface area contributed by atoms with Crippen molar-refractivity contribution in [3.05, 3.63) is 22.3 Å². The van der Waals surface area contributed by atoms with Gasteiger partial charge in [0.25, 0.3) is 11.8 Å². The van der Waals surface area contributed by atoms with Crippen LogP contribution in [0, 0.1) is 5.41 Å². The number of rotatable bonds is 10. The summed E-state index contributed by atoms with van der Waals surface area (Å²) >= 11 is 3.75. The highest BCUT2D eigenvalue weighted by molar-refractivity contribution is 8.01. The quantitative estimate of drug-likeness (QED) is 0.0899. The monoisotopic (exact) mass is 625 g/mol. The second-order valence-corrected chi connectivity index (χ2v) is 12.5. The molecule has 0 radical (unpaired) electrons. The van der Waals surface area contributed by atoms with Crippen molar-refractivity contribution in [3.8, 4) is 0 Å². The molecule has 4 rings (SSSR count). The summed E-state index contributed by atoms with van der Waals surface area (Å²) in [6.45, 7) is 4.37. The maximum absolute atomic E-state index is 13.3. The van der Waals surface area contributed by atoms with E-state index >= 15 is 0 Å². The van der Waals surface area contributed by atoms with E-state index in [1.165, 1.54) is 45.6 Å². The van der Waals surface area contributed by atoms with Crippen LogP contribution in [0.4, 0.5) is 5.13 Å². The predicted octanol–water partition coefficient (Wildman–Crippen LogP) is 0.136. The van der Waals surface area contributed by atoms with E-state index in [2.05, 4.69) is 31.0 Å². The summed E-state index contributed by atoms with van der Waals surface area (Å²) in [4.78, 5) is 61.8. The highest BCUT2D eigenvalue weighted by Crippen LogP contribution is 2.42. The van der Waals surface area contributed by atoms with Gasteiger partial charge < -0.3 is 25.4 Å². The molecule has 2 atom stereocenters. The molecule has 1 saturated heterocycles. The van der Waals surface area contributed by atoms with E-state index in [0.717, 1.165) is 11.3 Å². The Balaban J connectivity index is 1.52. The minimum absolute atomic E-state index is 0.0109. The number of fused-ring (bicyclic) bond motifs is 1. The first-order valence-electron chi connectivity index (χ1n) is 11.9. The number of carbonyl (C=O) groups is 4. The molecule has 2 aliphatic rings. The molecule has 0 spiro atoms. The average molecular weight is 626 g/mol. The number of aromatic nitrogens is 5. The molecule has 2 amide bonds. The van der Waals surface area contributed by atoms with E-state index in [4.69, 9.17) is 20.0 Å². The van der Waals surface area contributed by atoms with Gasteiger partial charge in [-0.3, -0.25) is 19.3 Å². The third kappa shape index (κ3) is 6.62. The Morgan fingerprint density at radius 3 is 2.66 bits per heavy atom. The Bertz CT molecular complexity index is 1420. The first kappa shape index (κ1) is 30.3. The minimum atomic E-state index is -0.968. The molecule has 1 fully saturated rings. The Hall–Kier alpha value is -3.71. The van der Waals surface area contributed by atoms with Gasteiger partial charge >= 0.3 is 11.9 Å². The summed E-state index contributed by atoms with van der Waals surface area (Å²) < 4.78 is 11.8. The molecule has 3 N–H and O–H groups in total. The number of nitrogen functional groups attached to an aromatic ring is 1. The summed E-state index contributed by atoms with van der Waals surface area (Å²) in [7, 11) is 2.95. The molecule has 16 nitrogen and oxygen atoms in total. The fourth-order valence-electron chi connectivity index (χ4n) is 3.60. The zero-order valence-corrected chi connectivity index (χ0v) is 25.1. The van der Waals surface area contributed by atoms with Crippen LogP contribution in [0.2, 0.25) is 0 Å². The van der Waals surface area contributed by atoms with E-state index in [9.17, 15) is 19.2 Å². The number of hydrogen-bond acceptors (Lipinski definition) is 16. The number of tetrazole rings is 1. The third-order valence-corrected chi connectivity index (χ3v) is 8.75.